The molecule has 7 saturated carbocycles. The Morgan fingerprint density at radius 2 is 1.70 bits per heavy atom. The minimum Gasteiger partial charge on any atom is -0.491 e. The Bertz CT molecular complexity index is 1560. The molecule has 40 heavy (non-hydrogen) atoms. The molecule has 0 saturated heterocycles. The summed E-state index contributed by atoms with van der Waals surface area (Å²) in [6.07, 6.45) is 2.11. The van der Waals surface area contributed by atoms with Crippen molar-refractivity contribution >= 4 is 5.82 Å². The second-order valence-corrected chi connectivity index (χ2v) is 12.6. The normalized spacial score (nSPS) is 36.9. The lowest BCUT2D eigenvalue weighted by atomic mass is 8.92. The number of aromatic nitrogens is 6. The molecule has 0 aromatic carbocycles. The Labute approximate surface area is 228 Å². The maximum Gasteiger partial charge on any atom is 0.434 e. The molecule has 9 nitrogen and oxygen atoms in total. The van der Waals surface area contributed by atoms with Gasteiger partial charge in [0.25, 0.3) is 0 Å². The van der Waals surface area contributed by atoms with E-state index in [1.165, 1.54) is 6.33 Å². The molecule has 7 fully saturated rings. The zero-order valence-electron chi connectivity index (χ0n) is 22.5. The standard InChI is InChI=1S/C28H28F3N7O2/c1-37-8-13(28(29,30)31)35-25(37)27-18-15-19(27)17-20(27)16(18)26(15,17)9-38(2)23-12(39-3)7-32-22(36-23)14-21(11-5-6-11)33-10-34-24(14)40-4/h7-8,10-11,15-20H,5-6,9H2,1-4H3. The number of imidazole rings is 1. The molecule has 0 radical (unpaired) electrons. The second kappa shape index (κ2) is 6.88. The van der Waals surface area contributed by atoms with Crippen LogP contribution >= 0.6 is 0 Å². The molecule has 0 amide bonds. The van der Waals surface area contributed by atoms with Gasteiger partial charge in [0.15, 0.2) is 23.1 Å². The number of methoxy groups -OCH3 is 2. The molecule has 0 atom stereocenters. The highest BCUT2D eigenvalue weighted by Crippen LogP contribution is 3.09. The van der Waals surface area contributed by atoms with Gasteiger partial charge in [-0.1, -0.05) is 0 Å². The molecular weight excluding hydrogens is 523 g/mol. The lowest BCUT2D eigenvalue weighted by molar-refractivity contribution is -0.627. The monoisotopic (exact) mass is 551 g/mol. The summed E-state index contributed by atoms with van der Waals surface area (Å²) in [5.41, 5.74) is 0.973. The number of nitrogens with zero attached hydrogens (tertiary/aromatic N) is 7. The van der Waals surface area contributed by atoms with Gasteiger partial charge in [-0.15, -0.1) is 0 Å². The fourth-order valence-electron chi connectivity index (χ4n) is 10.3. The van der Waals surface area contributed by atoms with Crippen LogP contribution < -0.4 is 14.4 Å². The van der Waals surface area contributed by atoms with E-state index < -0.39 is 11.9 Å². The number of alkyl halides is 3. The summed E-state index contributed by atoms with van der Waals surface area (Å²) in [6, 6.07) is 0. The van der Waals surface area contributed by atoms with Crippen LogP contribution in [0, 0.1) is 40.9 Å². The van der Waals surface area contributed by atoms with Crippen LogP contribution in [0.4, 0.5) is 19.0 Å². The number of rotatable bonds is 8. The highest BCUT2D eigenvalue weighted by Gasteiger charge is 3.10. The molecule has 0 bridgehead atoms. The van der Waals surface area contributed by atoms with Crippen LogP contribution in [0.25, 0.3) is 11.4 Å². The van der Waals surface area contributed by atoms with Crippen molar-refractivity contribution in [1.82, 2.24) is 29.5 Å². The van der Waals surface area contributed by atoms with Crippen molar-refractivity contribution in [3.05, 3.63) is 35.9 Å². The van der Waals surface area contributed by atoms with Crippen LogP contribution in [0.1, 0.15) is 36.0 Å². The summed E-state index contributed by atoms with van der Waals surface area (Å²) >= 11 is 0. The Kier molecular flexibility index (Phi) is 4.01. The molecular formula is C28H28F3N7O2. The summed E-state index contributed by atoms with van der Waals surface area (Å²) < 4.78 is 53.0. The van der Waals surface area contributed by atoms with Gasteiger partial charge >= 0.3 is 6.18 Å². The van der Waals surface area contributed by atoms with E-state index in [0.717, 1.165) is 36.8 Å². The van der Waals surface area contributed by atoms with Crippen molar-refractivity contribution < 1.29 is 22.6 Å². The molecule has 0 aliphatic heterocycles. The third-order valence-corrected chi connectivity index (χ3v) is 11.4. The van der Waals surface area contributed by atoms with Gasteiger partial charge in [0.05, 0.1) is 26.1 Å². The van der Waals surface area contributed by atoms with Crippen molar-refractivity contribution in [2.45, 2.75) is 30.4 Å². The van der Waals surface area contributed by atoms with E-state index in [-0.39, 0.29) is 10.8 Å². The van der Waals surface area contributed by atoms with Crippen molar-refractivity contribution in [3.63, 3.8) is 0 Å². The van der Waals surface area contributed by atoms with E-state index in [0.29, 0.717) is 70.5 Å². The molecule has 0 unspecified atom stereocenters. The predicted molar refractivity (Wildman–Crippen MR) is 135 cm³/mol. The third-order valence-electron chi connectivity index (χ3n) is 11.4. The Balaban J connectivity index is 1.00. The number of anilines is 1. The molecule has 10 rings (SSSR count). The first-order valence-electron chi connectivity index (χ1n) is 13.8. The SMILES string of the molecule is COc1cnc(-c2c(OC)ncnc2C2CC2)nc1N(C)CC12C3C4C1C1C2C3C41c1nc(C(F)(F)F)cn1C. The van der Waals surface area contributed by atoms with Gasteiger partial charge < -0.3 is 18.9 Å². The number of halogens is 3. The van der Waals surface area contributed by atoms with Gasteiger partial charge in [0.2, 0.25) is 5.88 Å². The number of ether oxygens (including phenoxy) is 2. The average Bonchev–Trinajstić information content (AvgIpc) is 3.72. The summed E-state index contributed by atoms with van der Waals surface area (Å²) in [5, 5.41) is 0. The van der Waals surface area contributed by atoms with E-state index in [4.69, 9.17) is 14.5 Å². The maximum atomic E-state index is 13.4. The molecule has 0 spiro atoms. The van der Waals surface area contributed by atoms with Crippen molar-refractivity contribution in [3.8, 4) is 23.0 Å². The van der Waals surface area contributed by atoms with Gasteiger partial charge in [-0.3, -0.25) is 0 Å². The van der Waals surface area contributed by atoms with Crippen LogP contribution in [0.2, 0.25) is 0 Å². The number of hydrogen-bond donors (Lipinski definition) is 0. The predicted octanol–water partition coefficient (Wildman–Crippen LogP) is 3.71. The molecule has 0 N–H and O–H groups in total. The van der Waals surface area contributed by atoms with E-state index >= 15 is 0 Å². The van der Waals surface area contributed by atoms with Crippen LogP contribution in [0.5, 0.6) is 11.6 Å². The molecule has 7 aliphatic rings. The van der Waals surface area contributed by atoms with Gasteiger partial charge in [-0.25, -0.2) is 24.9 Å². The van der Waals surface area contributed by atoms with Crippen LogP contribution in [-0.2, 0) is 18.6 Å². The van der Waals surface area contributed by atoms with Gasteiger partial charge in [-0.2, -0.15) is 13.2 Å². The van der Waals surface area contributed by atoms with Gasteiger partial charge in [-0.05, 0) is 53.8 Å². The van der Waals surface area contributed by atoms with E-state index in [1.54, 1.807) is 32.0 Å². The topological polar surface area (TPSA) is 91.1 Å². The Morgan fingerprint density at radius 1 is 1.00 bits per heavy atom. The molecule has 208 valence electrons. The molecule has 7 aliphatic carbocycles. The minimum atomic E-state index is -4.41. The smallest absolute Gasteiger partial charge is 0.434 e. The number of aryl methyl sites for hydroxylation is 1. The van der Waals surface area contributed by atoms with Crippen molar-refractivity contribution in [2.24, 2.45) is 48.0 Å². The quantitative estimate of drug-likeness (QED) is 0.419. The largest absolute Gasteiger partial charge is 0.491 e. The Hall–Kier alpha value is -3.44. The molecule has 3 heterocycles. The fourth-order valence-corrected chi connectivity index (χ4v) is 10.3. The van der Waals surface area contributed by atoms with Gasteiger partial charge in [0, 0.05) is 38.2 Å². The zero-order chi connectivity index (χ0) is 27.5. The average molecular weight is 552 g/mol. The molecule has 3 aromatic heterocycles. The van der Waals surface area contributed by atoms with Crippen LogP contribution in [-0.4, -0.2) is 57.3 Å². The highest BCUT2D eigenvalue weighted by atomic mass is 19.4. The Morgan fingerprint density at radius 3 is 2.27 bits per heavy atom. The van der Waals surface area contributed by atoms with E-state index in [2.05, 4.69) is 24.8 Å². The molecule has 3 aromatic rings. The van der Waals surface area contributed by atoms with Crippen molar-refractivity contribution in [2.75, 3.05) is 32.7 Å². The van der Waals surface area contributed by atoms with Crippen LogP contribution in [0.15, 0.2) is 18.7 Å². The van der Waals surface area contributed by atoms with E-state index in [1.807, 2.05) is 7.05 Å². The number of hydrogen-bond acceptors (Lipinski definition) is 8. The first kappa shape index (κ1) is 23.3. The first-order valence-corrected chi connectivity index (χ1v) is 13.8. The lowest BCUT2D eigenvalue weighted by Gasteiger charge is -3.11. The second-order valence-electron chi connectivity index (χ2n) is 12.6. The minimum absolute atomic E-state index is 0.124. The first-order chi connectivity index (χ1) is 19.2. The lowest BCUT2D eigenvalue weighted by Crippen LogP contribution is -3.12. The summed E-state index contributed by atoms with van der Waals surface area (Å²) in [4.78, 5) is 24.7. The summed E-state index contributed by atoms with van der Waals surface area (Å²) in [5.74, 6) is 6.33. The molecule has 12 heteroatoms. The fraction of sp³-hybridized carbons (Fsp3) is 0.607. The third kappa shape index (κ3) is 2.25. The zero-order valence-corrected chi connectivity index (χ0v) is 22.5. The van der Waals surface area contributed by atoms with Crippen molar-refractivity contribution in [1.29, 1.82) is 0 Å². The summed E-state index contributed by atoms with van der Waals surface area (Å²) in [6.45, 7) is 0.839. The maximum absolute atomic E-state index is 13.4. The van der Waals surface area contributed by atoms with Crippen LogP contribution in [0.3, 0.4) is 0 Å². The highest BCUT2D eigenvalue weighted by molar-refractivity contribution is 5.69. The van der Waals surface area contributed by atoms with E-state index in [9.17, 15) is 13.2 Å². The summed E-state index contributed by atoms with van der Waals surface area (Å²) in [7, 11) is 6.96. The van der Waals surface area contributed by atoms with Gasteiger partial charge in [0.1, 0.15) is 17.7 Å².